The zero-order valence-electron chi connectivity index (χ0n) is 13.7. The first kappa shape index (κ1) is 21.4. The second kappa shape index (κ2) is 10.5. The molecule has 2 aromatic rings. The summed E-state index contributed by atoms with van der Waals surface area (Å²) in [5.41, 5.74) is 5.53. The van der Waals surface area contributed by atoms with Crippen molar-refractivity contribution in [1.82, 2.24) is 16.2 Å². The Morgan fingerprint density at radius 2 is 1.74 bits per heavy atom. The van der Waals surface area contributed by atoms with E-state index < -0.39 is 5.91 Å². The number of hydrogen-bond donors (Lipinski definition) is 3. The lowest BCUT2D eigenvalue weighted by molar-refractivity contribution is -0.124. The highest BCUT2D eigenvalue weighted by molar-refractivity contribution is 9.10. The maximum atomic E-state index is 11.9. The molecule has 0 aromatic heterocycles. The van der Waals surface area contributed by atoms with E-state index in [1.807, 2.05) is 0 Å². The van der Waals surface area contributed by atoms with Crippen LogP contribution in [0.4, 0.5) is 0 Å². The Morgan fingerprint density at radius 3 is 2.41 bits per heavy atom. The summed E-state index contributed by atoms with van der Waals surface area (Å²) < 4.78 is 6.11. The first-order valence-electron chi connectivity index (χ1n) is 7.54. The number of hydrazine groups is 1. The zero-order valence-corrected chi connectivity index (χ0v) is 17.6. The average molecular weight is 491 g/mol. The van der Waals surface area contributed by atoms with Gasteiger partial charge in [0.25, 0.3) is 5.91 Å². The van der Waals surface area contributed by atoms with Gasteiger partial charge in [0.2, 0.25) is 5.91 Å². The molecule has 0 saturated carbocycles. The molecule has 6 nitrogen and oxygen atoms in total. The van der Waals surface area contributed by atoms with Gasteiger partial charge >= 0.3 is 0 Å². The summed E-state index contributed by atoms with van der Waals surface area (Å²) in [6.45, 7) is -0.282. The second-order valence-corrected chi connectivity index (χ2v) is 7.38. The Morgan fingerprint density at radius 1 is 1.04 bits per heavy atom. The van der Waals surface area contributed by atoms with Gasteiger partial charge in [0.15, 0.2) is 11.7 Å². The molecular weight excluding hydrogens is 477 g/mol. The number of benzene rings is 2. The first-order chi connectivity index (χ1) is 12.8. The van der Waals surface area contributed by atoms with Gasteiger partial charge in [0.05, 0.1) is 11.4 Å². The molecule has 0 aliphatic carbocycles. The van der Waals surface area contributed by atoms with Crippen LogP contribution in [0.5, 0.6) is 5.75 Å². The molecule has 0 aliphatic rings. The van der Waals surface area contributed by atoms with Crippen LogP contribution in [0.15, 0.2) is 46.9 Å². The lowest BCUT2D eigenvalue weighted by Crippen LogP contribution is -2.49. The molecule has 142 valence electrons. The van der Waals surface area contributed by atoms with Gasteiger partial charge in [-0.1, -0.05) is 51.3 Å². The maximum Gasteiger partial charge on any atom is 0.276 e. The predicted octanol–water partition coefficient (Wildman–Crippen LogP) is 3.40. The van der Waals surface area contributed by atoms with Crippen LogP contribution in [-0.2, 0) is 16.0 Å². The predicted molar refractivity (Wildman–Crippen MR) is 112 cm³/mol. The number of rotatable bonds is 5. The van der Waals surface area contributed by atoms with E-state index in [1.54, 1.807) is 42.5 Å². The third kappa shape index (κ3) is 7.72. The Labute approximate surface area is 179 Å². The number of nitrogens with one attached hydrogen (secondary N) is 3. The van der Waals surface area contributed by atoms with Crippen molar-refractivity contribution < 1.29 is 14.3 Å². The van der Waals surface area contributed by atoms with E-state index in [9.17, 15) is 9.59 Å². The lowest BCUT2D eigenvalue weighted by atomic mass is 10.1. The van der Waals surface area contributed by atoms with E-state index in [-0.39, 0.29) is 24.0 Å². The summed E-state index contributed by atoms with van der Waals surface area (Å²) in [6.07, 6.45) is 0.123. The lowest BCUT2D eigenvalue weighted by Gasteiger charge is -2.12. The van der Waals surface area contributed by atoms with Crippen molar-refractivity contribution in [3.63, 3.8) is 0 Å². The normalized spacial score (nSPS) is 10.0. The quantitative estimate of drug-likeness (QED) is 0.442. The molecule has 0 spiro atoms. The first-order valence-corrected chi connectivity index (χ1v) is 9.50. The van der Waals surface area contributed by atoms with E-state index in [2.05, 4.69) is 32.1 Å². The zero-order chi connectivity index (χ0) is 19.8. The van der Waals surface area contributed by atoms with Crippen LogP contribution >= 0.6 is 51.3 Å². The van der Waals surface area contributed by atoms with Crippen LogP contribution < -0.4 is 20.9 Å². The molecule has 0 radical (unpaired) electrons. The molecule has 0 fully saturated rings. The fourth-order valence-electron chi connectivity index (χ4n) is 1.89. The summed E-state index contributed by atoms with van der Waals surface area (Å²) in [7, 11) is 0. The fourth-order valence-corrected chi connectivity index (χ4v) is 2.91. The fraction of sp³-hybridized carbons (Fsp3) is 0.118. The molecule has 2 aromatic carbocycles. The molecule has 27 heavy (non-hydrogen) atoms. The molecule has 2 rings (SSSR count). The van der Waals surface area contributed by atoms with Gasteiger partial charge in [-0.15, -0.1) is 0 Å². The number of carbonyl (C=O) groups is 2. The van der Waals surface area contributed by atoms with E-state index in [0.717, 1.165) is 10.0 Å². The van der Waals surface area contributed by atoms with Crippen LogP contribution in [0.25, 0.3) is 0 Å². The topological polar surface area (TPSA) is 79.5 Å². The number of carbonyl (C=O) groups excluding carboxylic acids is 2. The largest absolute Gasteiger partial charge is 0.482 e. The van der Waals surface area contributed by atoms with Gasteiger partial charge in [0, 0.05) is 9.50 Å². The van der Waals surface area contributed by atoms with Gasteiger partial charge in [-0.05, 0) is 48.1 Å². The summed E-state index contributed by atoms with van der Waals surface area (Å²) in [6, 6.07) is 11.9. The summed E-state index contributed by atoms with van der Waals surface area (Å²) >= 11 is 20.0. The van der Waals surface area contributed by atoms with Crippen molar-refractivity contribution in [2.75, 3.05) is 6.61 Å². The highest BCUT2D eigenvalue weighted by Crippen LogP contribution is 2.27. The summed E-state index contributed by atoms with van der Waals surface area (Å²) in [5.74, 6) is -0.459. The average Bonchev–Trinajstić information content (AvgIpc) is 2.61. The Balaban J connectivity index is 1.70. The van der Waals surface area contributed by atoms with Crippen LogP contribution in [0.2, 0.25) is 10.0 Å². The monoisotopic (exact) mass is 489 g/mol. The third-order valence-corrected chi connectivity index (χ3v) is 4.34. The second-order valence-electron chi connectivity index (χ2n) is 5.22. The standard InChI is InChI=1S/C17H14BrCl2N3O3S/c18-11-3-6-14(13(20)8-11)26-9-16(25)22-23-17(27)21-15(24)7-10-1-4-12(19)5-2-10/h1-6,8H,7,9H2,(H,22,25)(H2,21,23,24,27). The summed E-state index contributed by atoms with van der Waals surface area (Å²) in [5, 5.41) is 3.38. The molecule has 0 unspecified atom stereocenters. The van der Waals surface area contributed by atoms with Crippen LogP contribution in [0, 0.1) is 0 Å². The van der Waals surface area contributed by atoms with Crippen molar-refractivity contribution in [2.24, 2.45) is 0 Å². The van der Waals surface area contributed by atoms with E-state index in [4.69, 9.17) is 40.2 Å². The molecule has 0 saturated heterocycles. The minimum atomic E-state index is -0.497. The number of amides is 2. The van der Waals surface area contributed by atoms with Crippen molar-refractivity contribution in [3.8, 4) is 5.75 Å². The van der Waals surface area contributed by atoms with Crippen molar-refractivity contribution in [3.05, 3.63) is 62.5 Å². The molecule has 0 aliphatic heterocycles. The van der Waals surface area contributed by atoms with Crippen molar-refractivity contribution in [2.45, 2.75) is 6.42 Å². The Kier molecular flexibility index (Phi) is 8.30. The Bertz CT molecular complexity index is 850. The number of ether oxygens (including phenoxy) is 1. The molecular formula is C17H14BrCl2N3O3S. The highest BCUT2D eigenvalue weighted by Gasteiger charge is 2.09. The van der Waals surface area contributed by atoms with Crippen LogP contribution in [0.1, 0.15) is 5.56 Å². The van der Waals surface area contributed by atoms with Crippen molar-refractivity contribution in [1.29, 1.82) is 0 Å². The molecule has 3 N–H and O–H groups in total. The maximum absolute atomic E-state index is 11.9. The molecule has 0 bridgehead atoms. The number of hydrogen-bond acceptors (Lipinski definition) is 4. The Hall–Kier alpha value is -1.87. The van der Waals surface area contributed by atoms with Gasteiger partial charge < -0.3 is 10.1 Å². The third-order valence-electron chi connectivity index (χ3n) is 3.10. The molecule has 10 heteroatoms. The van der Waals surface area contributed by atoms with Gasteiger partial charge in [0.1, 0.15) is 5.75 Å². The minimum absolute atomic E-state index is 0.0380. The van der Waals surface area contributed by atoms with Gasteiger partial charge in [-0.3, -0.25) is 20.4 Å². The molecule has 0 heterocycles. The van der Waals surface area contributed by atoms with E-state index >= 15 is 0 Å². The van der Waals surface area contributed by atoms with Gasteiger partial charge in [-0.2, -0.15) is 0 Å². The SMILES string of the molecule is O=C(COc1ccc(Br)cc1Cl)NNC(=S)NC(=O)Cc1ccc(Cl)cc1. The molecule has 2 amide bonds. The van der Waals surface area contributed by atoms with Crippen molar-refractivity contribution >= 4 is 68.3 Å². The summed E-state index contributed by atoms with van der Waals surface area (Å²) in [4.78, 5) is 23.7. The van der Waals surface area contributed by atoms with E-state index in [0.29, 0.717) is 15.8 Å². The highest BCUT2D eigenvalue weighted by atomic mass is 79.9. The van der Waals surface area contributed by atoms with Crippen LogP contribution in [-0.4, -0.2) is 23.5 Å². The van der Waals surface area contributed by atoms with Gasteiger partial charge in [-0.25, -0.2) is 0 Å². The number of thiocarbonyl (C=S) groups is 1. The van der Waals surface area contributed by atoms with Crippen LogP contribution in [0.3, 0.4) is 0 Å². The van der Waals surface area contributed by atoms with E-state index in [1.165, 1.54) is 0 Å². The number of halogens is 3. The minimum Gasteiger partial charge on any atom is -0.482 e. The molecule has 0 atom stereocenters. The smallest absolute Gasteiger partial charge is 0.276 e.